The van der Waals surface area contributed by atoms with Gasteiger partial charge in [-0.2, -0.15) is 0 Å². The van der Waals surface area contributed by atoms with E-state index in [0.29, 0.717) is 11.3 Å². The van der Waals surface area contributed by atoms with E-state index in [1.165, 1.54) is 6.92 Å². The van der Waals surface area contributed by atoms with Crippen LogP contribution in [0.4, 0.5) is 10.5 Å². The largest absolute Gasteiger partial charge is 0.480 e. The summed E-state index contributed by atoms with van der Waals surface area (Å²) in [6.45, 7) is 1.39. The number of hydrogen-bond donors (Lipinski definition) is 3. The molecule has 2 amide bonds. The van der Waals surface area contributed by atoms with Crippen LogP contribution in [-0.4, -0.2) is 34.9 Å². The van der Waals surface area contributed by atoms with Crippen molar-refractivity contribution in [2.45, 2.75) is 32.4 Å². The number of nitrogens with one attached hydrogen (secondary N) is 2. The first-order chi connectivity index (χ1) is 13.8. The molecule has 8 nitrogen and oxygen atoms in total. The minimum absolute atomic E-state index is 0.0125. The maximum Gasteiger partial charge on any atom is 0.408 e. The van der Waals surface area contributed by atoms with Crippen LogP contribution in [0.2, 0.25) is 0 Å². The Balaban J connectivity index is 1.84. The fourth-order valence-corrected chi connectivity index (χ4v) is 2.53. The van der Waals surface area contributed by atoms with Crippen molar-refractivity contribution in [3.8, 4) is 0 Å². The second kappa shape index (κ2) is 10.6. The zero-order chi connectivity index (χ0) is 21.2. The first-order valence-electron chi connectivity index (χ1n) is 8.96. The first kappa shape index (κ1) is 21.6. The molecule has 0 aromatic heterocycles. The van der Waals surface area contributed by atoms with Crippen molar-refractivity contribution < 1.29 is 29.0 Å². The summed E-state index contributed by atoms with van der Waals surface area (Å²) in [6, 6.07) is 14.0. The molecule has 0 fully saturated rings. The molecule has 0 radical (unpaired) electrons. The summed E-state index contributed by atoms with van der Waals surface area (Å²) in [4.78, 5) is 46.5. The van der Waals surface area contributed by atoms with Crippen LogP contribution in [0.15, 0.2) is 54.6 Å². The van der Waals surface area contributed by atoms with E-state index in [0.717, 1.165) is 5.56 Å². The topological polar surface area (TPSA) is 122 Å². The second-order valence-corrected chi connectivity index (χ2v) is 6.32. The number of carbonyl (C=O) groups is 4. The Morgan fingerprint density at radius 3 is 2.24 bits per heavy atom. The molecule has 2 aromatic carbocycles. The predicted octanol–water partition coefficient (Wildman–Crippen LogP) is 2.99. The van der Waals surface area contributed by atoms with E-state index in [4.69, 9.17) is 4.74 Å². The van der Waals surface area contributed by atoms with Gasteiger partial charge < -0.3 is 20.5 Å². The lowest BCUT2D eigenvalue weighted by atomic mass is 10.0. The molecule has 29 heavy (non-hydrogen) atoms. The monoisotopic (exact) mass is 398 g/mol. The van der Waals surface area contributed by atoms with E-state index < -0.39 is 18.1 Å². The molecule has 3 N–H and O–H groups in total. The van der Waals surface area contributed by atoms with Crippen LogP contribution in [-0.2, 0) is 20.9 Å². The molecule has 2 rings (SSSR count). The van der Waals surface area contributed by atoms with E-state index in [1.807, 2.05) is 6.07 Å². The molecule has 0 heterocycles. The third kappa shape index (κ3) is 7.45. The Hall–Kier alpha value is -3.68. The Kier molecular flexibility index (Phi) is 7.90. The zero-order valence-corrected chi connectivity index (χ0v) is 15.9. The van der Waals surface area contributed by atoms with E-state index >= 15 is 0 Å². The van der Waals surface area contributed by atoms with Gasteiger partial charge in [-0.3, -0.25) is 9.59 Å². The number of alkyl carbamates (subject to hydrolysis) is 1. The number of anilines is 1. The highest BCUT2D eigenvalue weighted by Gasteiger charge is 2.22. The molecule has 0 aliphatic rings. The van der Waals surface area contributed by atoms with Crippen molar-refractivity contribution in [3.63, 3.8) is 0 Å². The van der Waals surface area contributed by atoms with E-state index in [9.17, 15) is 24.3 Å². The van der Waals surface area contributed by atoms with Gasteiger partial charge in [0.05, 0.1) is 0 Å². The number of carbonyl (C=O) groups excluding carboxylic acids is 3. The number of amides is 2. The minimum atomic E-state index is -1.25. The molecule has 0 bridgehead atoms. The van der Waals surface area contributed by atoms with Gasteiger partial charge in [-0.05, 0) is 36.2 Å². The number of carboxylic acids is 1. The summed E-state index contributed by atoms with van der Waals surface area (Å²) < 4.78 is 5.01. The molecule has 0 aliphatic carbocycles. The lowest BCUT2D eigenvalue weighted by Crippen LogP contribution is -2.41. The summed E-state index contributed by atoms with van der Waals surface area (Å²) in [5, 5.41) is 14.1. The standard InChI is InChI=1S/C21H22N2O6/c1-14(24)22-17-9-7-16(8-10-17)19(25)12-11-18(20(26)27)23-21(28)29-13-15-5-3-2-4-6-15/h2-10,18H,11-13H2,1H3,(H,22,24)(H,23,28)(H,26,27). The number of aliphatic carboxylic acids is 1. The molecule has 0 spiro atoms. The fraction of sp³-hybridized carbons (Fsp3) is 0.238. The number of benzene rings is 2. The van der Waals surface area contributed by atoms with Gasteiger partial charge in [-0.15, -0.1) is 0 Å². The average Bonchev–Trinajstić information content (AvgIpc) is 2.70. The minimum Gasteiger partial charge on any atom is -0.480 e. The van der Waals surface area contributed by atoms with Gasteiger partial charge in [0.2, 0.25) is 5.91 Å². The lowest BCUT2D eigenvalue weighted by molar-refractivity contribution is -0.139. The molecule has 0 aliphatic heterocycles. The number of carboxylic acid groups (broad SMARTS) is 1. The van der Waals surface area contributed by atoms with Crippen molar-refractivity contribution in [2.24, 2.45) is 0 Å². The molecular formula is C21H22N2O6. The van der Waals surface area contributed by atoms with Crippen molar-refractivity contribution >= 4 is 29.4 Å². The summed E-state index contributed by atoms with van der Waals surface area (Å²) in [7, 11) is 0. The van der Waals surface area contributed by atoms with Gasteiger partial charge in [0.15, 0.2) is 5.78 Å². The fourth-order valence-electron chi connectivity index (χ4n) is 2.53. The summed E-state index contributed by atoms with van der Waals surface area (Å²) in [5.41, 5.74) is 1.71. The molecule has 2 aromatic rings. The number of hydrogen-bond acceptors (Lipinski definition) is 5. The molecule has 8 heteroatoms. The van der Waals surface area contributed by atoms with Gasteiger partial charge in [0.25, 0.3) is 0 Å². The quantitative estimate of drug-likeness (QED) is 0.558. The van der Waals surface area contributed by atoms with Crippen LogP contribution >= 0.6 is 0 Å². The van der Waals surface area contributed by atoms with Crippen molar-refractivity contribution in [1.29, 1.82) is 0 Å². The van der Waals surface area contributed by atoms with Crippen LogP contribution in [0.5, 0.6) is 0 Å². The molecular weight excluding hydrogens is 376 g/mol. The molecule has 1 atom stereocenters. The third-order valence-corrected chi connectivity index (χ3v) is 3.99. The maximum absolute atomic E-state index is 12.3. The number of ether oxygens (including phenoxy) is 1. The second-order valence-electron chi connectivity index (χ2n) is 6.32. The van der Waals surface area contributed by atoms with Crippen LogP contribution in [0.1, 0.15) is 35.7 Å². The highest BCUT2D eigenvalue weighted by molar-refractivity contribution is 5.97. The Morgan fingerprint density at radius 2 is 1.66 bits per heavy atom. The van der Waals surface area contributed by atoms with E-state index in [1.54, 1.807) is 48.5 Å². The predicted molar refractivity (Wildman–Crippen MR) is 105 cm³/mol. The van der Waals surface area contributed by atoms with E-state index in [2.05, 4.69) is 10.6 Å². The summed E-state index contributed by atoms with van der Waals surface area (Å²) in [5.74, 6) is -1.75. The zero-order valence-electron chi connectivity index (χ0n) is 15.9. The Bertz CT molecular complexity index is 864. The highest BCUT2D eigenvalue weighted by Crippen LogP contribution is 2.13. The van der Waals surface area contributed by atoms with Crippen LogP contribution in [0.3, 0.4) is 0 Å². The smallest absolute Gasteiger partial charge is 0.408 e. The molecule has 0 saturated carbocycles. The van der Waals surface area contributed by atoms with Gasteiger partial charge >= 0.3 is 12.1 Å². The molecule has 0 saturated heterocycles. The summed E-state index contributed by atoms with van der Waals surface area (Å²) >= 11 is 0. The van der Waals surface area contributed by atoms with E-state index in [-0.39, 0.29) is 31.1 Å². The lowest BCUT2D eigenvalue weighted by Gasteiger charge is -2.14. The first-order valence-corrected chi connectivity index (χ1v) is 8.96. The Morgan fingerprint density at radius 1 is 1.00 bits per heavy atom. The van der Waals surface area contributed by atoms with Crippen molar-refractivity contribution in [1.82, 2.24) is 5.32 Å². The van der Waals surface area contributed by atoms with Crippen LogP contribution in [0, 0.1) is 0 Å². The number of Topliss-reactive ketones (excluding diaryl/α,β-unsaturated/α-hetero) is 1. The molecule has 152 valence electrons. The van der Waals surface area contributed by atoms with Gasteiger partial charge in [0, 0.05) is 24.6 Å². The normalized spacial score (nSPS) is 11.2. The Labute approximate surface area is 167 Å². The maximum atomic E-state index is 12.3. The van der Waals surface area contributed by atoms with Crippen molar-refractivity contribution in [2.75, 3.05) is 5.32 Å². The SMILES string of the molecule is CC(=O)Nc1ccc(C(=O)CCC(NC(=O)OCc2ccccc2)C(=O)O)cc1. The average molecular weight is 398 g/mol. The number of ketones is 1. The summed E-state index contributed by atoms with van der Waals surface area (Å²) in [6.07, 6.45) is -1.02. The third-order valence-electron chi connectivity index (χ3n) is 3.99. The van der Waals surface area contributed by atoms with Crippen LogP contribution in [0.25, 0.3) is 0 Å². The van der Waals surface area contributed by atoms with Gasteiger partial charge in [0.1, 0.15) is 12.6 Å². The molecule has 1 unspecified atom stereocenters. The number of rotatable bonds is 9. The van der Waals surface area contributed by atoms with Gasteiger partial charge in [-0.25, -0.2) is 9.59 Å². The van der Waals surface area contributed by atoms with Crippen molar-refractivity contribution in [3.05, 3.63) is 65.7 Å². The van der Waals surface area contributed by atoms with Crippen LogP contribution < -0.4 is 10.6 Å². The highest BCUT2D eigenvalue weighted by atomic mass is 16.5. The van der Waals surface area contributed by atoms with Gasteiger partial charge in [-0.1, -0.05) is 30.3 Å².